The number of fused-ring (bicyclic) bond motifs is 1. The number of carbonyl (C=O) groups excluding carboxylic acids is 2. The second kappa shape index (κ2) is 15.7. The van der Waals surface area contributed by atoms with E-state index in [2.05, 4.69) is 12.3 Å². The number of carbonyl (C=O) groups is 2. The van der Waals surface area contributed by atoms with Gasteiger partial charge in [-0.2, -0.15) is 0 Å². The number of nitrogens with zero attached hydrogens (tertiary/aromatic N) is 3. The lowest BCUT2D eigenvalue weighted by molar-refractivity contribution is -0.384. The number of ether oxygens (including phenoxy) is 3. The van der Waals surface area contributed by atoms with Crippen LogP contribution in [0.15, 0.2) is 48.6 Å². The quantitative estimate of drug-likeness (QED) is 0.0746. The predicted octanol–water partition coefficient (Wildman–Crippen LogP) is 5.64. The highest BCUT2D eigenvalue weighted by Crippen LogP contribution is 2.44. The first-order chi connectivity index (χ1) is 21.7. The summed E-state index contributed by atoms with van der Waals surface area (Å²) in [6, 6.07) is 7.24. The number of benzene rings is 2. The number of unbranched alkanes of at least 4 members (excludes halogenated alkanes) is 7. The Hall–Kier alpha value is -4.16. The third-order valence-corrected chi connectivity index (χ3v) is 8.45. The van der Waals surface area contributed by atoms with E-state index in [1.165, 1.54) is 77.7 Å². The number of methoxy groups -OCH3 is 3. The van der Waals surface area contributed by atoms with E-state index in [0.717, 1.165) is 24.2 Å². The Kier molecular flexibility index (Phi) is 11.8. The molecule has 244 valence electrons. The van der Waals surface area contributed by atoms with E-state index in [1.807, 2.05) is 0 Å². The monoisotopic (exact) mass is 624 g/mol. The Morgan fingerprint density at radius 2 is 1.49 bits per heavy atom. The Bertz CT molecular complexity index is 1340. The zero-order valence-electron chi connectivity index (χ0n) is 26.4. The maximum Gasteiger partial charge on any atom is 0.269 e. The number of aliphatic hydroxyl groups is 1. The number of nitrogens with one attached hydrogen (secondary N) is 1. The van der Waals surface area contributed by atoms with Crippen LogP contribution < -0.4 is 24.5 Å². The van der Waals surface area contributed by atoms with Gasteiger partial charge in [-0.25, -0.2) is 9.91 Å². The van der Waals surface area contributed by atoms with Crippen molar-refractivity contribution in [2.24, 2.45) is 5.92 Å². The van der Waals surface area contributed by atoms with Gasteiger partial charge in [-0.05, 0) is 18.6 Å². The highest BCUT2D eigenvalue weighted by atomic mass is 16.6. The summed E-state index contributed by atoms with van der Waals surface area (Å²) < 4.78 is 16.3. The third kappa shape index (κ3) is 7.56. The minimum atomic E-state index is -0.991. The van der Waals surface area contributed by atoms with Gasteiger partial charge in [0.2, 0.25) is 11.7 Å². The molecule has 0 unspecified atom stereocenters. The summed E-state index contributed by atoms with van der Waals surface area (Å²) in [5, 5.41) is 24.2. The van der Waals surface area contributed by atoms with E-state index < -0.39 is 40.8 Å². The number of nitro groups is 1. The van der Waals surface area contributed by atoms with Crippen LogP contribution in [0.2, 0.25) is 0 Å². The van der Waals surface area contributed by atoms with Crippen molar-refractivity contribution in [1.29, 1.82) is 0 Å². The first-order valence-electron chi connectivity index (χ1n) is 15.6. The van der Waals surface area contributed by atoms with Crippen LogP contribution in [-0.2, 0) is 9.59 Å². The van der Waals surface area contributed by atoms with E-state index in [4.69, 9.17) is 14.2 Å². The molecule has 0 aliphatic carbocycles. The third-order valence-electron chi connectivity index (χ3n) is 8.45. The summed E-state index contributed by atoms with van der Waals surface area (Å²) in [5.41, 5.74) is 3.85. The first-order valence-corrected chi connectivity index (χ1v) is 15.6. The van der Waals surface area contributed by atoms with Crippen LogP contribution in [0.25, 0.3) is 0 Å². The molecule has 2 heterocycles. The number of amides is 2. The molecule has 0 spiro atoms. The zero-order valence-corrected chi connectivity index (χ0v) is 26.4. The number of nitro benzene ring substituents is 1. The van der Waals surface area contributed by atoms with Crippen molar-refractivity contribution in [2.45, 2.75) is 82.9 Å². The Balaban J connectivity index is 1.59. The van der Waals surface area contributed by atoms with Gasteiger partial charge in [0.05, 0.1) is 50.0 Å². The molecule has 1 saturated heterocycles. The normalized spacial score (nSPS) is 20.2. The number of hydrogen-bond acceptors (Lipinski definition) is 10. The van der Waals surface area contributed by atoms with Crippen molar-refractivity contribution in [1.82, 2.24) is 5.01 Å². The van der Waals surface area contributed by atoms with Crippen molar-refractivity contribution < 1.29 is 33.8 Å². The van der Waals surface area contributed by atoms with Gasteiger partial charge >= 0.3 is 0 Å². The largest absolute Gasteiger partial charge is 0.493 e. The van der Waals surface area contributed by atoms with E-state index in [0.29, 0.717) is 17.9 Å². The Morgan fingerprint density at radius 1 is 0.889 bits per heavy atom. The number of anilines is 2. The average Bonchev–Trinajstić information content (AvgIpc) is 3.30. The van der Waals surface area contributed by atoms with Crippen LogP contribution in [0.1, 0.15) is 64.7 Å². The maximum absolute atomic E-state index is 14.1. The van der Waals surface area contributed by atoms with Gasteiger partial charge in [-0.15, -0.1) is 0 Å². The summed E-state index contributed by atoms with van der Waals surface area (Å²) in [7, 11) is 4.36. The molecule has 2 amide bonds. The molecular weight excluding hydrogens is 580 g/mol. The number of imide groups is 1. The summed E-state index contributed by atoms with van der Waals surface area (Å²) in [4.78, 5) is 39.7. The standard InChI is InChI=1S/C33H44N4O8/c1-5-6-7-8-9-10-11-12-13-27(38)26-19-18-25-30(36(26)34-22-14-16-23(17-15-22)37(41)42)33(40)35(32(25)39)24-20-28(43-2)31(45-4)29(21-24)44-3/h14-21,25-27,30,34,38H,5-13H2,1-4H3/t25-,26-,27-,30+/m1/s1. The van der Waals surface area contributed by atoms with Crippen LogP contribution >= 0.6 is 0 Å². The first kappa shape index (κ1) is 33.7. The van der Waals surface area contributed by atoms with Crippen LogP contribution in [-0.4, -0.2) is 66.4 Å². The number of hydrazine groups is 1. The molecule has 2 aromatic carbocycles. The van der Waals surface area contributed by atoms with Crippen LogP contribution in [0.4, 0.5) is 17.1 Å². The van der Waals surface area contributed by atoms with E-state index >= 15 is 0 Å². The van der Waals surface area contributed by atoms with Gasteiger partial charge in [-0.3, -0.25) is 19.7 Å². The molecule has 2 N–H and O–H groups in total. The molecule has 0 radical (unpaired) electrons. The number of aliphatic hydroxyl groups excluding tert-OH is 1. The van der Waals surface area contributed by atoms with Gasteiger partial charge in [0, 0.05) is 30.0 Å². The molecular formula is C33H44N4O8. The fourth-order valence-electron chi connectivity index (χ4n) is 6.04. The van der Waals surface area contributed by atoms with Gasteiger partial charge < -0.3 is 24.7 Å². The van der Waals surface area contributed by atoms with Crippen molar-refractivity contribution >= 4 is 28.9 Å². The topological polar surface area (TPSA) is 144 Å². The molecule has 45 heavy (non-hydrogen) atoms. The van der Waals surface area contributed by atoms with Gasteiger partial charge in [0.25, 0.3) is 11.6 Å². The average molecular weight is 625 g/mol. The molecule has 0 aromatic heterocycles. The number of hydrogen-bond donors (Lipinski definition) is 2. The summed E-state index contributed by atoms with van der Waals surface area (Å²) in [6.07, 6.45) is 12.2. The van der Waals surface area contributed by atoms with Crippen LogP contribution in [0.5, 0.6) is 17.2 Å². The summed E-state index contributed by atoms with van der Waals surface area (Å²) in [5.74, 6) is -0.876. The molecule has 12 nitrogen and oxygen atoms in total. The smallest absolute Gasteiger partial charge is 0.269 e. The molecule has 12 heteroatoms. The molecule has 0 bridgehead atoms. The highest BCUT2D eigenvalue weighted by molar-refractivity contribution is 6.24. The van der Waals surface area contributed by atoms with Crippen LogP contribution in [0, 0.1) is 16.0 Å². The van der Waals surface area contributed by atoms with E-state index in [-0.39, 0.29) is 22.9 Å². The molecule has 4 atom stereocenters. The number of rotatable bonds is 17. The summed E-state index contributed by atoms with van der Waals surface area (Å²) >= 11 is 0. The lowest BCUT2D eigenvalue weighted by Crippen LogP contribution is -2.57. The summed E-state index contributed by atoms with van der Waals surface area (Å²) in [6.45, 7) is 2.20. The van der Waals surface area contributed by atoms with Crippen molar-refractivity contribution in [3.05, 3.63) is 58.7 Å². The Morgan fingerprint density at radius 3 is 2.04 bits per heavy atom. The van der Waals surface area contributed by atoms with Crippen molar-refractivity contribution in [3.8, 4) is 17.2 Å². The van der Waals surface area contributed by atoms with Crippen molar-refractivity contribution in [2.75, 3.05) is 31.7 Å². The maximum atomic E-state index is 14.1. The fraction of sp³-hybridized carbons (Fsp3) is 0.515. The molecule has 2 aliphatic heterocycles. The molecule has 2 aliphatic rings. The van der Waals surface area contributed by atoms with Gasteiger partial charge in [0.15, 0.2) is 11.5 Å². The van der Waals surface area contributed by atoms with Gasteiger partial charge in [0.1, 0.15) is 6.04 Å². The second-order valence-corrected chi connectivity index (χ2v) is 11.4. The zero-order chi connectivity index (χ0) is 32.5. The van der Waals surface area contributed by atoms with E-state index in [1.54, 1.807) is 29.3 Å². The molecule has 4 rings (SSSR count). The fourth-order valence-corrected chi connectivity index (χ4v) is 6.04. The minimum Gasteiger partial charge on any atom is -0.493 e. The van der Waals surface area contributed by atoms with Gasteiger partial charge in [-0.1, -0.05) is 70.4 Å². The van der Waals surface area contributed by atoms with E-state index in [9.17, 15) is 24.8 Å². The second-order valence-electron chi connectivity index (χ2n) is 11.4. The van der Waals surface area contributed by atoms with Crippen molar-refractivity contribution in [3.63, 3.8) is 0 Å². The molecule has 2 aromatic rings. The SMILES string of the molecule is CCCCCCCCCC[C@@H](O)[C@H]1C=C[C@H]2C(=O)N(c3cc(OC)c(OC)c(OC)c3)C(=O)[C@H]2N1Nc1ccc([N+](=O)[O-])cc1. The molecule has 1 fully saturated rings. The van der Waals surface area contributed by atoms with Crippen LogP contribution in [0.3, 0.4) is 0 Å². The highest BCUT2D eigenvalue weighted by Gasteiger charge is 2.54. The number of non-ortho nitro benzene ring substituents is 1. The predicted molar refractivity (Wildman–Crippen MR) is 171 cm³/mol. The molecule has 0 saturated carbocycles. The lowest BCUT2D eigenvalue weighted by Gasteiger charge is -2.40. The minimum absolute atomic E-state index is 0.0797. The Labute approximate surface area is 264 Å². The lowest BCUT2D eigenvalue weighted by atomic mass is 9.91.